The number of carbonyl (C=O) groups is 1. The smallest absolute Gasteiger partial charge is 0.320 e. The van der Waals surface area contributed by atoms with E-state index in [2.05, 4.69) is 26.1 Å². The van der Waals surface area contributed by atoms with Gasteiger partial charge in [0.25, 0.3) is 0 Å². The van der Waals surface area contributed by atoms with E-state index in [1.165, 1.54) is 0 Å². The predicted octanol–water partition coefficient (Wildman–Crippen LogP) is 4.06. The molecule has 1 aromatic heterocycles. The van der Waals surface area contributed by atoms with Crippen molar-refractivity contribution < 1.29 is 4.79 Å². The van der Waals surface area contributed by atoms with Crippen LogP contribution in [0.5, 0.6) is 0 Å². The number of aromatic nitrogens is 2. The molecule has 1 heterocycles. The average molecular weight is 340 g/mol. The van der Waals surface area contributed by atoms with Crippen LogP contribution in [0, 0.1) is 0 Å². The fourth-order valence-electron chi connectivity index (χ4n) is 1.62. The number of hydrogen-bond acceptors (Lipinski definition) is 4. The van der Waals surface area contributed by atoms with Crippen LogP contribution < -0.4 is 16.0 Å². The number of benzene rings is 1. The Kier molecular flexibility index (Phi) is 5.41. The maximum Gasteiger partial charge on any atom is 0.320 e. The summed E-state index contributed by atoms with van der Waals surface area (Å²) in [7, 11) is 0. The molecule has 2 aromatic rings. The normalized spacial score (nSPS) is 10.4. The standard InChI is InChI=1S/C14H15Cl2N5O/c1-8(2)17-14(22)19-12-7-6-11(20-21-12)18-10-5-3-4-9(15)13(10)16/h3-8H,1-2H3,(H,18,20)(H2,17,19,21,22). The lowest BCUT2D eigenvalue weighted by Crippen LogP contribution is -2.34. The Labute approximate surface area is 138 Å². The zero-order valence-corrected chi connectivity index (χ0v) is 13.5. The first-order chi connectivity index (χ1) is 10.5. The highest BCUT2D eigenvalue weighted by Crippen LogP contribution is 2.31. The first kappa shape index (κ1) is 16.3. The third-order valence-electron chi connectivity index (χ3n) is 2.54. The number of hydrogen-bond donors (Lipinski definition) is 3. The van der Waals surface area contributed by atoms with Crippen LogP contribution in [0.25, 0.3) is 0 Å². The molecular formula is C14H15Cl2N5O. The van der Waals surface area contributed by atoms with Crippen molar-refractivity contribution in [3.63, 3.8) is 0 Å². The SMILES string of the molecule is CC(C)NC(=O)Nc1ccc(Nc2cccc(Cl)c2Cl)nn1. The Morgan fingerprint density at radius 3 is 2.41 bits per heavy atom. The molecule has 0 saturated heterocycles. The van der Waals surface area contributed by atoms with Crippen molar-refractivity contribution in [2.45, 2.75) is 19.9 Å². The van der Waals surface area contributed by atoms with Crippen LogP contribution >= 0.6 is 23.2 Å². The third-order valence-corrected chi connectivity index (χ3v) is 3.36. The summed E-state index contributed by atoms with van der Waals surface area (Å²) >= 11 is 12.0. The van der Waals surface area contributed by atoms with Crippen LogP contribution in [-0.2, 0) is 0 Å². The first-order valence-electron chi connectivity index (χ1n) is 6.58. The lowest BCUT2D eigenvalue weighted by molar-refractivity contribution is 0.250. The van der Waals surface area contributed by atoms with Gasteiger partial charge in [0.1, 0.15) is 0 Å². The summed E-state index contributed by atoms with van der Waals surface area (Å²) in [4.78, 5) is 11.5. The van der Waals surface area contributed by atoms with E-state index >= 15 is 0 Å². The van der Waals surface area contributed by atoms with E-state index in [-0.39, 0.29) is 12.1 Å². The van der Waals surface area contributed by atoms with Crippen LogP contribution in [0.2, 0.25) is 10.0 Å². The average Bonchev–Trinajstić information content (AvgIpc) is 2.45. The number of nitrogens with zero attached hydrogens (tertiary/aromatic N) is 2. The molecule has 0 bridgehead atoms. The molecular weight excluding hydrogens is 325 g/mol. The van der Waals surface area contributed by atoms with E-state index in [0.717, 1.165) is 0 Å². The minimum absolute atomic E-state index is 0.0406. The highest BCUT2D eigenvalue weighted by atomic mass is 35.5. The topological polar surface area (TPSA) is 78.9 Å². The van der Waals surface area contributed by atoms with Crippen LogP contribution in [0.1, 0.15) is 13.8 Å². The molecule has 0 saturated carbocycles. The Hall–Kier alpha value is -2.05. The molecule has 8 heteroatoms. The van der Waals surface area contributed by atoms with Gasteiger partial charge in [-0.15, -0.1) is 10.2 Å². The minimum Gasteiger partial charge on any atom is -0.337 e. The largest absolute Gasteiger partial charge is 0.337 e. The first-order valence-corrected chi connectivity index (χ1v) is 7.33. The number of nitrogens with one attached hydrogen (secondary N) is 3. The molecule has 0 aliphatic carbocycles. The maximum atomic E-state index is 11.5. The summed E-state index contributed by atoms with van der Waals surface area (Å²) in [6, 6.07) is 8.26. The maximum absolute atomic E-state index is 11.5. The fraction of sp³-hybridized carbons (Fsp3) is 0.214. The molecule has 116 valence electrons. The fourth-order valence-corrected chi connectivity index (χ4v) is 1.97. The van der Waals surface area contributed by atoms with Gasteiger partial charge in [0.2, 0.25) is 0 Å². The van der Waals surface area contributed by atoms with Crippen molar-refractivity contribution in [3.8, 4) is 0 Å². The van der Waals surface area contributed by atoms with Crippen LogP contribution in [0.3, 0.4) is 0 Å². The Morgan fingerprint density at radius 1 is 1.09 bits per heavy atom. The predicted molar refractivity (Wildman–Crippen MR) is 89.1 cm³/mol. The lowest BCUT2D eigenvalue weighted by atomic mass is 10.3. The van der Waals surface area contributed by atoms with Gasteiger partial charge in [-0.25, -0.2) is 4.79 Å². The van der Waals surface area contributed by atoms with Gasteiger partial charge in [0.15, 0.2) is 11.6 Å². The molecule has 22 heavy (non-hydrogen) atoms. The molecule has 3 N–H and O–H groups in total. The molecule has 0 fully saturated rings. The highest BCUT2D eigenvalue weighted by Gasteiger charge is 2.07. The number of anilines is 3. The Balaban J connectivity index is 2.03. The van der Waals surface area contributed by atoms with Crippen LogP contribution in [-0.4, -0.2) is 22.3 Å². The molecule has 0 spiro atoms. The van der Waals surface area contributed by atoms with Gasteiger partial charge in [0, 0.05) is 6.04 Å². The van der Waals surface area contributed by atoms with Crippen LogP contribution in [0.4, 0.5) is 22.1 Å². The van der Waals surface area contributed by atoms with E-state index in [0.29, 0.717) is 27.4 Å². The molecule has 0 aliphatic rings. The van der Waals surface area contributed by atoms with Crippen molar-refractivity contribution in [3.05, 3.63) is 40.4 Å². The number of carbonyl (C=O) groups excluding carboxylic acids is 1. The summed E-state index contributed by atoms with van der Waals surface area (Å²) in [6.07, 6.45) is 0. The van der Waals surface area contributed by atoms with Gasteiger partial charge in [-0.3, -0.25) is 5.32 Å². The van der Waals surface area contributed by atoms with Gasteiger partial charge < -0.3 is 10.6 Å². The van der Waals surface area contributed by atoms with Crippen molar-refractivity contribution in [1.82, 2.24) is 15.5 Å². The lowest BCUT2D eigenvalue weighted by Gasteiger charge is -2.10. The molecule has 2 rings (SSSR count). The molecule has 1 aromatic carbocycles. The summed E-state index contributed by atoms with van der Waals surface area (Å²) in [6.45, 7) is 3.74. The highest BCUT2D eigenvalue weighted by molar-refractivity contribution is 6.43. The van der Waals surface area contributed by atoms with Crippen molar-refractivity contribution in [2.75, 3.05) is 10.6 Å². The summed E-state index contributed by atoms with van der Waals surface area (Å²) in [5.74, 6) is 0.833. The number of urea groups is 1. The van der Waals surface area contributed by atoms with Crippen molar-refractivity contribution >= 4 is 46.6 Å². The van der Waals surface area contributed by atoms with E-state index < -0.39 is 0 Å². The number of rotatable bonds is 4. The molecule has 6 nitrogen and oxygen atoms in total. The second-order valence-corrected chi connectivity index (χ2v) is 5.57. The van der Waals surface area contributed by atoms with Gasteiger partial charge >= 0.3 is 6.03 Å². The molecule has 0 aliphatic heterocycles. The zero-order valence-electron chi connectivity index (χ0n) is 12.0. The Bertz CT molecular complexity index is 661. The molecule has 2 amide bonds. The Morgan fingerprint density at radius 2 is 1.77 bits per heavy atom. The third kappa shape index (κ3) is 4.47. The van der Waals surface area contributed by atoms with Crippen molar-refractivity contribution in [1.29, 1.82) is 0 Å². The van der Waals surface area contributed by atoms with E-state index in [1.54, 1.807) is 30.3 Å². The minimum atomic E-state index is -0.331. The van der Waals surface area contributed by atoms with Gasteiger partial charge in [0.05, 0.1) is 15.7 Å². The van der Waals surface area contributed by atoms with E-state index in [4.69, 9.17) is 23.2 Å². The monoisotopic (exact) mass is 339 g/mol. The van der Waals surface area contributed by atoms with E-state index in [9.17, 15) is 4.79 Å². The second-order valence-electron chi connectivity index (χ2n) is 4.78. The summed E-state index contributed by atoms with van der Waals surface area (Å²) < 4.78 is 0. The van der Waals surface area contributed by atoms with Gasteiger partial charge in [-0.1, -0.05) is 29.3 Å². The summed E-state index contributed by atoms with van der Waals surface area (Å²) in [5.41, 5.74) is 0.627. The van der Waals surface area contributed by atoms with Gasteiger partial charge in [-0.2, -0.15) is 0 Å². The molecule has 0 radical (unpaired) electrons. The second kappa shape index (κ2) is 7.29. The van der Waals surface area contributed by atoms with Gasteiger partial charge in [-0.05, 0) is 38.1 Å². The van der Waals surface area contributed by atoms with Crippen LogP contribution in [0.15, 0.2) is 30.3 Å². The molecule has 0 atom stereocenters. The zero-order chi connectivity index (χ0) is 16.1. The summed E-state index contributed by atoms with van der Waals surface area (Å²) in [5, 5.41) is 17.0. The number of amides is 2. The van der Waals surface area contributed by atoms with E-state index in [1.807, 2.05) is 13.8 Å². The molecule has 0 unspecified atom stereocenters. The quantitative estimate of drug-likeness (QED) is 0.784. The number of halogens is 2. The van der Waals surface area contributed by atoms with Crippen molar-refractivity contribution in [2.24, 2.45) is 0 Å².